The Kier molecular flexibility index (Phi) is 4.74. The fourth-order valence-electron chi connectivity index (χ4n) is 2.65. The number of aromatic hydroxyl groups is 1. The molecular formula is C18H18ClN3O2. The van der Waals surface area contributed by atoms with Gasteiger partial charge in [-0.25, -0.2) is 0 Å². The number of fused-ring (bicyclic) bond motifs is 1. The van der Waals surface area contributed by atoms with Crippen LogP contribution >= 0.6 is 11.6 Å². The van der Waals surface area contributed by atoms with E-state index in [0.717, 1.165) is 29.5 Å². The van der Waals surface area contributed by atoms with E-state index in [-0.39, 0.29) is 11.3 Å². The number of pyridine rings is 1. The van der Waals surface area contributed by atoms with Crippen LogP contribution in [-0.4, -0.2) is 16.6 Å². The van der Waals surface area contributed by atoms with E-state index in [4.69, 9.17) is 17.3 Å². The van der Waals surface area contributed by atoms with E-state index < -0.39 is 0 Å². The predicted octanol–water partition coefficient (Wildman–Crippen LogP) is 2.80. The van der Waals surface area contributed by atoms with Crippen molar-refractivity contribution >= 4 is 28.2 Å². The van der Waals surface area contributed by atoms with E-state index in [1.807, 2.05) is 18.2 Å². The molecular weight excluding hydrogens is 326 g/mol. The molecule has 0 spiro atoms. The lowest BCUT2D eigenvalue weighted by molar-refractivity contribution is 0.480. The van der Waals surface area contributed by atoms with Gasteiger partial charge in [0.05, 0.1) is 16.2 Å². The molecule has 5 nitrogen and oxygen atoms in total. The summed E-state index contributed by atoms with van der Waals surface area (Å²) < 4.78 is 0. The first-order valence-corrected chi connectivity index (χ1v) is 8.01. The van der Waals surface area contributed by atoms with Crippen LogP contribution in [-0.2, 0) is 13.0 Å². The van der Waals surface area contributed by atoms with Crippen molar-refractivity contribution in [2.45, 2.75) is 13.0 Å². The summed E-state index contributed by atoms with van der Waals surface area (Å²) >= 11 is 6.01. The van der Waals surface area contributed by atoms with Crippen molar-refractivity contribution in [1.29, 1.82) is 0 Å². The lowest BCUT2D eigenvalue weighted by atomic mass is 10.0. The molecule has 0 atom stereocenters. The van der Waals surface area contributed by atoms with Gasteiger partial charge < -0.3 is 21.1 Å². The highest BCUT2D eigenvalue weighted by Gasteiger charge is 2.06. The van der Waals surface area contributed by atoms with Crippen molar-refractivity contribution in [3.63, 3.8) is 0 Å². The van der Waals surface area contributed by atoms with Gasteiger partial charge in [-0.3, -0.25) is 4.79 Å². The highest BCUT2D eigenvalue weighted by molar-refractivity contribution is 6.33. The van der Waals surface area contributed by atoms with Gasteiger partial charge >= 0.3 is 0 Å². The molecule has 0 aliphatic rings. The maximum Gasteiger partial charge on any atom is 0.248 e. The predicted molar refractivity (Wildman–Crippen MR) is 97.5 cm³/mol. The molecule has 0 radical (unpaired) electrons. The van der Waals surface area contributed by atoms with Gasteiger partial charge in [0, 0.05) is 18.0 Å². The Morgan fingerprint density at radius 3 is 2.79 bits per heavy atom. The average molecular weight is 344 g/mol. The molecule has 0 unspecified atom stereocenters. The number of anilines is 1. The minimum atomic E-state index is -0.228. The first-order valence-electron chi connectivity index (χ1n) is 7.63. The molecule has 1 heterocycles. The fourth-order valence-corrected chi connectivity index (χ4v) is 2.85. The molecule has 6 heteroatoms. The molecule has 2 aromatic carbocycles. The van der Waals surface area contributed by atoms with Crippen LogP contribution in [0.5, 0.6) is 5.75 Å². The topological polar surface area (TPSA) is 91.1 Å². The third-order valence-electron chi connectivity index (χ3n) is 3.93. The van der Waals surface area contributed by atoms with Gasteiger partial charge in [-0.1, -0.05) is 23.7 Å². The van der Waals surface area contributed by atoms with Crippen molar-refractivity contribution in [3.05, 3.63) is 69.0 Å². The van der Waals surface area contributed by atoms with Crippen LogP contribution in [0.15, 0.2) is 47.3 Å². The quantitative estimate of drug-likeness (QED) is 0.423. The molecule has 0 saturated carbocycles. The van der Waals surface area contributed by atoms with Crippen LogP contribution in [0.2, 0.25) is 5.02 Å². The Morgan fingerprint density at radius 1 is 1.17 bits per heavy atom. The number of halogens is 1. The number of H-pyrrole nitrogens is 1. The highest BCUT2D eigenvalue weighted by atomic mass is 35.5. The number of aromatic nitrogens is 1. The summed E-state index contributed by atoms with van der Waals surface area (Å²) in [4.78, 5) is 14.1. The molecule has 0 aliphatic heterocycles. The molecule has 0 amide bonds. The Hall–Kier alpha value is -2.50. The summed E-state index contributed by atoms with van der Waals surface area (Å²) in [5.41, 5.74) is 8.64. The second-order valence-corrected chi connectivity index (χ2v) is 6.04. The number of hydrogen-bond donors (Lipinski definition) is 4. The van der Waals surface area contributed by atoms with Gasteiger partial charge in [-0.05, 0) is 48.4 Å². The zero-order chi connectivity index (χ0) is 17.1. The summed E-state index contributed by atoms with van der Waals surface area (Å²) in [6.45, 7) is 1.44. The number of benzene rings is 2. The minimum absolute atomic E-state index is 0.0796. The standard InChI is InChI=1S/C18H18ClN3O2/c19-14-9-11(1-4-15(14)20)10-21-8-7-12-2-5-16(23)18-13(12)3-6-17(24)22-18/h1-6,9,21,23H,7-8,10,20H2,(H,22,24). The van der Waals surface area contributed by atoms with Crippen LogP contribution in [0.1, 0.15) is 11.1 Å². The van der Waals surface area contributed by atoms with Crippen LogP contribution < -0.4 is 16.6 Å². The molecule has 0 saturated heterocycles. The number of nitrogens with two attached hydrogens (primary N) is 1. The number of nitrogens with one attached hydrogen (secondary N) is 2. The Bertz CT molecular complexity index is 937. The first-order chi connectivity index (χ1) is 11.5. The lowest BCUT2D eigenvalue weighted by Crippen LogP contribution is -2.17. The Labute approximate surface area is 144 Å². The largest absolute Gasteiger partial charge is 0.506 e. The number of phenols is 1. The number of aromatic amines is 1. The molecule has 124 valence electrons. The zero-order valence-corrected chi connectivity index (χ0v) is 13.7. The molecule has 0 aliphatic carbocycles. The monoisotopic (exact) mass is 343 g/mol. The van der Waals surface area contributed by atoms with Crippen LogP contribution in [0.4, 0.5) is 5.69 Å². The summed E-state index contributed by atoms with van der Waals surface area (Å²) in [6.07, 6.45) is 0.769. The van der Waals surface area contributed by atoms with Crippen LogP contribution in [0.3, 0.4) is 0 Å². The average Bonchev–Trinajstić information content (AvgIpc) is 2.57. The van der Waals surface area contributed by atoms with Gasteiger partial charge in [0.2, 0.25) is 5.56 Å². The van der Waals surface area contributed by atoms with Crippen molar-refractivity contribution in [3.8, 4) is 5.75 Å². The fraction of sp³-hybridized carbons (Fsp3) is 0.167. The second-order valence-electron chi connectivity index (χ2n) is 5.64. The maximum absolute atomic E-state index is 11.4. The van der Waals surface area contributed by atoms with Crippen molar-refractivity contribution in [1.82, 2.24) is 10.3 Å². The van der Waals surface area contributed by atoms with E-state index in [1.54, 1.807) is 18.2 Å². The van der Waals surface area contributed by atoms with Gasteiger partial charge in [0.25, 0.3) is 0 Å². The van der Waals surface area contributed by atoms with Gasteiger partial charge in [-0.2, -0.15) is 0 Å². The Morgan fingerprint density at radius 2 is 2.00 bits per heavy atom. The molecule has 0 bridgehead atoms. The number of nitrogen functional groups attached to an aromatic ring is 1. The van der Waals surface area contributed by atoms with Crippen LogP contribution in [0.25, 0.3) is 10.9 Å². The number of phenolic OH excluding ortho intramolecular Hbond substituents is 1. The van der Waals surface area contributed by atoms with E-state index in [0.29, 0.717) is 22.8 Å². The smallest absolute Gasteiger partial charge is 0.248 e. The van der Waals surface area contributed by atoms with E-state index in [1.165, 1.54) is 6.07 Å². The molecule has 0 fully saturated rings. The normalized spacial score (nSPS) is 11.0. The summed E-state index contributed by atoms with van der Waals surface area (Å²) in [6, 6.07) is 12.3. The van der Waals surface area contributed by atoms with E-state index in [9.17, 15) is 9.90 Å². The molecule has 1 aromatic heterocycles. The molecule has 3 rings (SSSR count). The zero-order valence-electron chi connectivity index (χ0n) is 13.0. The molecule has 5 N–H and O–H groups in total. The van der Waals surface area contributed by atoms with E-state index in [2.05, 4.69) is 10.3 Å². The van der Waals surface area contributed by atoms with Gasteiger partial charge in [0.1, 0.15) is 5.75 Å². The minimum Gasteiger partial charge on any atom is -0.506 e. The molecule has 24 heavy (non-hydrogen) atoms. The SMILES string of the molecule is Nc1ccc(CNCCc2ccc(O)c3[nH]c(=O)ccc23)cc1Cl. The lowest BCUT2D eigenvalue weighted by Gasteiger charge is -2.09. The van der Waals surface area contributed by atoms with Crippen LogP contribution in [0, 0.1) is 0 Å². The maximum atomic E-state index is 11.4. The number of hydrogen-bond acceptors (Lipinski definition) is 4. The summed E-state index contributed by atoms with van der Waals surface area (Å²) in [5, 5.41) is 14.6. The first kappa shape index (κ1) is 16.4. The van der Waals surface area contributed by atoms with Crippen molar-refractivity contribution < 1.29 is 5.11 Å². The number of rotatable bonds is 5. The third kappa shape index (κ3) is 3.53. The third-order valence-corrected chi connectivity index (χ3v) is 4.26. The van der Waals surface area contributed by atoms with Crippen molar-refractivity contribution in [2.75, 3.05) is 12.3 Å². The summed E-state index contributed by atoms with van der Waals surface area (Å²) in [5.74, 6) is 0.0796. The van der Waals surface area contributed by atoms with Crippen molar-refractivity contribution in [2.24, 2.45) is 0 Å². The second kappa shape index (κ2) is 6.95. The van der Waals surface area contributed by atoms with Gasteiger partial charge in [0.15, 0.2) is 0 Å². The molecule has 3 aromatic rings. The van der Waals surface area contributed by atoms with Gasteiger partial charge in [-0.15, -0.1) is 0 Å². The Balaban J connectivity index is 1.67. The highest BCUT2D eigenvalue weighted by Crippen LogP contribution is 2.25. The van der Waals surface area contributed by atoms with E-state index >= 15 is 0 Å². The summed E-state index contributed by atoms with van der Waals surface area (Å²) in [7, 11) is 0.